The fraction of sp³-hybridized carbons (Fsp3) is 0.846. The number of rotatable bonds is 1. The number of hydrogen-bond donors (Lipinski definition) is 1. The summed E-state index contributed by atoms with van der Waals surface area (Å²) < 4.78 is 10.4. The number of hydrogen-bond acceptors (Lipinski definition) is 5. The zero-order chi connectivity index (χ0) is 14.6. The molecule has 108 valence electrons. The van der Waals surface area contributed by atoms with Crippen molar-refractivity contribution in [2.45, 2.75) is 45.6 Å². The largest absolute Gasteiger partial charge is 0.467 e. The smallest absolute Gasteiger partial charge is 0.337 e. The second-order valence-electron chi connectivity index (χ2n) is 6.39. The van der Waals surface area contributed by atoms with Crippen LogP contribution in [-0.4, -0.2) is 53.5 Å². The molecule has 2 fully saturated rings. The van der Waals surface area contributed by atoms with Gasteiger partial charge in [-0.15, -0.1) is 0 Å². The number of carbonyl (C=O) groups is 2. The first-order valence-electron chi connectivity index (χ1n) is 6.39. The van der Waals surface area contributed by atoms with Crippen molar-refractivity contribution in [1.29, 1.82) is 0 Å². The van der Waals surface area contributed by atoms with Gasteiger partial charge in [0.05, 0.1) is 19.6 Å². The van der Waals surface area contributed by atoms with Gasteiger partial charge in [-0.2, -0.15) is 0 Å². The number of aliphatic hydroxyl groups is 1. The number of fused-ring (bicyclic) bond motifs is 1. The van der Waals surface area contributed by atoms with Crippen molar-refractivity contribution in [2.24, 2.45) is 11.3 Å². The number of nitrogens with zero attached hydrogens (tertiary/aromatic N) is 1. The van der Waals surface area contributed by atoms with Crippen LogP contribution in [-0.2, 0) is 19.1 Å². The van der Waals surface area contributed by atoms with Gasteiger partial charge in [-0.05, 0) is 0 Å². The van der Waals surface area contributed by atoms with E-state index in [2.05, 4.69) is 0 Å². The predicted octanol–water partition coefficient (Wildman–Crippen LogP) is 0.140. The number of aliphatic hydroxyl groups excluding tert-OH is 1. The van der Waals surface area contributed by atoms with Crippen LogP contribution in [0.1, 0.15) is 27.7 Å². The first kappa shape index (κ1) is 14.3. The molecule has 0 unspecified atom stereocenters. The highest BCUT2D eigenvalue weighted by molar-refractivity contribution is 5.95. The van der Waals surface area contributed by atoms with Gasteiger partial charge >= 0.3 is 5.97 Å². The Kier molecular flexibility index (Phi) is 3.14. The highest BCUT2D eigenvalue weighted by Gasteiger charge is 2.69. The zero-order valence-electron chi connectivity index (χ0n) is 12.0. The van der Waals surface area contributed by atoms with Crippen LogP contribution in [0.3, 0.4) is 0 Å². The summed E-state index contributed by atoms with van der Waals surface area (Å²) in [5.74, 6) is -1.52. The summed E-state index contributed by atoms with van der Waals surface area (Å²) >= 11 is 0. The van der Waals surface area contributed by atoms with Crippen LogP contribution < -0.4 is 0 Å². The van der Waals surface area contributed by atoms with Gasteiger partial charge in [-0.25, -0.2) is 4.79 Å². The van der Waals surface area contributed by atoms with Gasteiger partial charge in [0, 0.05) is 5.41 Å². The number of carbonyl (C=O) groups excluding carboxylic acids is 2. The van der Waals surface area contributed by atoms with Crippen LogP contribution in [0.15, 0.2) is 0 Å². The Labute approximate surface area is 112 Å². The monoisotopic (exact) mass is 271 g/mol. The van der Waals surface area contributed by atoms with Crippen molar-refractivity contribution in [2.75, 3.05) is 13.7 Å². The third kappa shape index (κ3) is 1.70. The highest BCUT2D eigenvalue weighted by atomic mass is 16.6. The molecule has 0 spiro atoms. The summed E-state index contributed by atoms with van der Waals surface area (Å²) in [5.41, 5.74) is -1.75. The van der Waals surface area contributed by atoms with Crippen LogP contribution in [0, 0.1) is 11.3 Å². The zero-order valence-corrected chi connectivity index (χ0v) is 12.0. The van der Waals surface area contributed by atoms with E-state index in [4.69, 9.17) is 9.47 Å². The number of esters is 1. The maximum Gasteiger partial charge on any atom is 0.337 e. The lowest BCUT2D eigenvalue weighted by Crippen LogP contribution is -2.59. The van der Waals surface area contributed by atoms with E-state index in [-0.39, 0.29) is 17.9 Å². The molecule has 1 N–H and O–H groups in total. The number of ether oxygens (including phenoxy) is 2. The molecular weight excluding hydrogens is 250 g/mol. The molecule has 2 rings (SSSR count). The maximum atomic E-state index is 12.4. The van der Waals surface area contributed by atoms with E-state index in [0.717, 1.165) is 0 Å². The first-order valence-corrected chi connectivity index (χ1v) is 6.39. The average Bonchev–Trinajstić information content (AvgIpc) is 2.82. The van der Waals surface area contributed by atoms with E-state index >= 15 is 0 Å². The van der Waals surface area contributed by atoms with E-state index in [1.54, 1.807) is 6.92 Å². The summed E-state index contributed by atoms with van der Waals surface area (Å²) in [4.78, 5) is 25.9. The third-order valence-electron chi connectivity index (χ3n) is 4.00. The molecule has 0 bridgehead atoms. The summed E-state index contributed by atoms with van der Waals surface area (Å²) in [7, 11) is 1.25. The Hall–Kier alpha value is -1.14. The Morgan fingerprint density at radius 1 is 1.53 bits per heavy atom. The van der Waals surface area contributed by atoms with Gasteiger partial charge in [0.25, 0.3) is 0 Å². The Morgan fingerprint density at radius 3 is 2.58 bits per heavy atom. The second kappa shape index (κ2) is 4.18. The van der Waals surface area contributed by atoms with Gasteiger partial charge in [-0.1, -0.05) is 27.7 Å². The first-order chi connectivity index (χ1) is 8.67. The molecule has 0 aromatic carbocycles. The summed E-state index contributed by atoms with van der Waals surface area (Å²) in [6.07, 6.45) is -1.65. The Balaban J connectivity index is 2.51. The van der Waals surface area contributed by atoms with Crippen molar-refractivity contribution < 1.29 is 24.2 Å². The Morgan fingerprint density at radius 2 is 2.11 bits per heavy atom. The summed E-state index contributed by atoms with van der Waals surface area (Å²) in [5, 5.41) is 10.3. The van der Waals surface area contributed by atoms with Gasteiger partial charge in [0.1, 0.15) is 12.3 Å². The topological polar surface area (TPSA) is 76.1 Å². The van der Waals surface area contributed by atoms with Crippen LogP contribution in [0.5, 0.6) is 0 Å². The van der Waals surface area contributed by atoms with Crippen molar-refractivity contribution in [1.82, 2.24) is 4.90 Å². The van der Waals surface area contributed by atoms with Crippen molar-refractivity contribution in [3.05, 3.63) is 0 Å². The Bertz CT molecular complexity index is 416. The lowest BCUT2D eigenvalue weighted by atomic mass is 9.89. The average molecular weight is 271 g/mol. The fourth-order valence-corrected chi connectivity index (χ4v) is 2.96. The number of amides is 1. The molecule has 0 saturated carbocycles. The predicted molar refractivity (Wildman–Crippen MR) is 66.0 cm³/mol. The minimum atomic E-state index is -1.40. The SMILES string of the molecule is COC(=O)[C@]12CO[C@H](C(C)(C)C)N1C(=O)[C@H](C)[C@@H]2O. The number of methoxy groups -OCH3 is 1. The quantitative estimate of drug-likeness (QED) is 0.687. The molecule has 2 saturated heterocycles. The van der Waals surface area contributed by atoms with Crippen LogP contribution in [0.2, 0.25) is 0 Å². The van der Waals surface area contributed by atoms with Crippen molar-refractivity contribution in [3.63, 3.8) is 0 Å². The molecule has 2 aliphatic heterocycles. The summed E-state index contributed by atoms with van der Waals surface area (Å²) in [6, 6.07) is 0. The van der Waals surface area contributed by atoms with Crippen LogP contribution >= 0.6 is 0 Å². The molecule has 2 aliphatic rings. The molecular formula is C13H21NO5. The van der Waals surface area contributed by atoms with E-state index in [9.17, 15) is 14.7 Å². The van der Waals surface area contributed by atoms with Gasteiger partial charge < -0.3 is 14.6 Å². The molecule has 0 aromatic heterocycles. The van der Waals surface area contributed by atoms with Gasteiger partial charge in [0.15, 0.2) is 5.54 Å². The minimum absolute atomic E-state index is 0.0289. The summed E-state index contributed by atoms with van der Waals surface area (Å²) in [6.45, 7) is 7.36. The molecule has 6 heteroatoms. The molecule has 2 heterocycles. The molecule has 1 amide bonds. The molecule has 0 aromatic rings. The van der Waals surface area contributed by atoms with E-state index in [0.29, 0.717) is 0 Å². The van der Waals surface area contributed by atoms with Crippen LogP contribution in [0.25, 0.3) is 0 Å². The molecule has 6 nitrogen and oxygen atoms in total. The standard InChI is InChI=1S/C13H21NO5/c1-7-8(15)13(11(17)18-5)6-19-10(12(2,3)4)14(13)9(7)16/h7-8,10,15H,6H2,1-5H3/t7-,8+,10-,13-/m1/s1. The van der Waals surface area contributed by atoms with Gasteiger partial charge in [-0.3, -0.25) is 9.69 Å². The molecule has 19 heavy (non-hydrogen) atoms. The second-order valence-corrected chi connectivity index (χ2v) is 6.39. The minimum Gasteiger partial charge on any atom is -0.467 e. The molecule has 4 atom stereocenters. The van der Waals surface area contributed by atoms with E-state index in [1.807, 2.05) is 20.8 Å². The normalized spacial score (nSPS) is 38.5. The lowest BCUT2D eigenvalue weighted by molar-refractivity contribution is -0.161. The van der Waals surface area contributed by atoms with Crippen molar-refractivity contribution >= 4 is 11.9 Å². The maximum absolute atomic E-state index is 12.4. The lowest BCUT2D eigenvalue weighted by Gasteiger charge is -2.36. The molecule has 0 radical (unpaired) electrons. The van der Waals surface area contributed by atoms with Crippen LogP contribution in [0.4, 0.5) is 0 Å². The van der Waals surface area contributed by atoms with Crippen molar-refractivity contribution in [3.8, 4) is 0 Å². The highest BCUT2D eigenvalue weighted by Crippen LogP contribution is 2.46. The van der Waals surface area contributed by atoms with E-state index < -0.39 is 29.8 Å². The fourth-order valence-electron chi connectivity index (χ4n) is 2.96. The molecule has 0 aliphatic carbocycles. The third-order valence-corrected chi connectivity index (χ3v) is 4.00. The van der Waals surface area contributed by atoms with E-state index in [1.165, 1.54) is 12.0 Å². The van der Waals surface area contributed by atoms with Gasteiger partial charge in [0.2, 0.25) is 5.91 Å².